The molecule has 4 rings (SSSR count). The maximum atomic E-state index is 14.3. The molecule has 2 atom stereocenters. The minimum Gasteiger partial charge on any atom is -0.346 e. The summed E-state index contributed by atoms with van der Waals surface area (Å²) in [4.78, 5) is 12.7. The SMILES string of the molecule is CC(C)(C)NC(=O)c1nn(-c2ccc(F)cc2F)c2c1[C@H]1CC[C@@H]2C1. The topological polar surface area (TPSA) is 46.9 Å². The summed E-state index contributed by atoms with van der Waals surface area (Å²) in [6.45, 7) is 5.73. The van der Waals surface area contributed by atoms with Gasteiger partial charge in [0.05, 0.1) is 5.69 Å². The average Bonchev–Trinajstić information content (AvgIpc) is 3.17. The molecule has 2 aromatic rings. The highest BCUT2D eigenvalue weighted by molar-refractivity contribution is 5.95. The van der Waals surface area contributed by atoms with Crippen LogP contribution in [-0.2, 0) is 0 Å². The van der Waals surface area contributed by atoms with Gasteiger partial charge in [-0.2, -0.15) is 5.10 Å². The van der Waals surface area contributed by atoms with E-state index in [1.54, 1.807) is 0 Å². The fourth-order valence-corrected chi connectivity index (χ4v) is 4.13. The number of carbonyl (C=O) groups is 1. The number of halogens is 2. The van der Waals surface area contributed by atoms with Crippen molar-refractivity contribution in [1.82, 2.24) is 15.1 Å². The molecule has 2 aliphatic carbocycles. The molecule has 4 nitrogen and oxygen atoms in total. The monoisotopic (exact) mass is 345 g/mol. The van der Waals surface area contributed by atoms with E-state index in [2.05, 4.69) is 10.4 Å². The van der Waals surface area contributed by atoms with Gasteiger partial charge in [-0.3, -0.25) is 4.79 Å². The third kappa shape index (κ3) is 2.64. The molecule has 1 amide bonds. The second kappa shape index (κ2) is 5.38. The van der Waals surface area contributed by atoms with Crippen LogP contribution >= 0.6 is 0 Å². The van der Waals surface area contributed by atoms with E-state index in [4.69, 9.17) is 0 Å². The van der Waals surface area contributed by atoms with Crippen molar-refractivity contribution in [3.8, 4) is 5.69 Å². The second-order valence-electron chi connectivity index (χ2n) is 8.07. The molecule has 1 saturated carbocycles. The summed E-state index contributed by atoms with van der Waals surface area (Å²) in [7, 11) is 0. The van der Waals surface area contributed by atoms with E-state index in [1.165, 1.54) is 16.8 Å². The maximum absolute atomic E-state index is 14.3. The van der Waals surface area contributed by atoms with Crippen molar-refractivity contribution in [2.24, 2.45) is 0 Å². The first-order valence-corrected chi connectivity index (χ1v) is 8.65. The van der Waals surface area contributed by atoms with Crippen LogP contribution in [0.2, 0.25) is 0 Å². The number of amides is 1. The number of rotatable bonds is 2. The molecule has 1 aromatic carbocycles. The largest absolute Gasteiger partial charge is 0.346 e. The Morgan fingerprint density at radius 2 is 1.96 bits per heavy atom. The van der Waals surface area contributed by atoms with Crippen molar-refractivity contribution in [2.45, 2.75) is 57.4 Å². The van der Waals surface area contributed by atoms with E-state index >= 15 is 0 Å². The van der Waals surface area contributed by atoms with E-state index in [9.17, 15) is 13.6 Å². The number of fused-ring (bicyclic) bond motifs is 5. The van der Waals surface area contributed by atoms with Gasteiger partial charge in [-0.1, -0.05) is 0 Å². The van der Waals surface area contributed by atoms with E-state index in [-0.39, 0.29) is 23.1 Å². The molecule has 2 aliphatic rings. The highest BCUT2D eigenvalue weighted by atomic mass is 19.1. The molecule has 0 radical (unpaired) electrons. The zero-order chi connectivity index (χ0) is 17.9. The van der Waals surface area contributed by atoms with E-state index in [1.807, 2.05) is 20.8 Å². The minimum absolute atomic E-state index is 0.194. The molecule has 0 unspecified atom stereocenters. The van der Waals surface area contributed by atoms with Gasteiger partial charge in [0, 0.05) is 23.1 Å². The quantitative estimate of drug-likeness (QED) is 0.893. The number of nitrogens with one attached hydrogen (secondary N) is 1. The van der Waals surface area contributed by atoms with Crippen molar-refractivity contribution in [2.75, 3.05) is 0 Å². The third-order valence-electron chi connectivity index (χ3n) is 5.03. The van der Waals surface area contributed by atoms with Crippen LogP contribution in [0.3, 0.4) is 0 Å². The number of hydrogen-bond acceptors (Lipinski definition) is 2. The van der Waals surface area contributed by atoms with Crippen LogP contribution in [0.5, 0.6) is 0 Å². The molecular weight excluding hydrogens is 324 g/mol. The first-order chi connectivity index (χ1) is 11.7. The van der Waals surface area contributed by atoms with E-state index in [0.29, 0.717) is 11.6 Å². The predicted molar refractivity (Wildman–Crippen MR) is 90.0 cm³/mol. The van der Waals surface area contributed by atoms with Crippen molar-refractivity contribution < 1.29 is 13.6 Å². The van der Waals surface area contributed by atoms with E-state index < -0.39 is 11.6 Å². The lowest BCUT2D eigenvalue weighted by molar-refractivity contribution is 0.0912. The van der Waals surface area contributed by atoms with Gasteiger partial charge >= 0.3 is 0 Å². The Balaban J connectivity index is 1.86. The van der Waals surface area contributed by atoms with Crippen LogP contribution in [0.25, 0.3) is 5.69 Å². The zero-order valence-corrected chi connectivity index (χ0v) is 14.6. The molecule has 1 fully saturated rings. The molecule has 1 N–H and O–H groups in total. The molecule has 0 spiro atoms. The van der Waals surface area contributed by atoms with Gasteiger partial charge in [-0.25, -0.2) is 13.5 Å². The lowest BCUT2D eigenvalue weighted by Gasteiger charge is -2.20. The van der Waals surface area contributed by atoms with Crippen LogP contribution in [0.4, 0.5) is 8.78 Å². The van der Waals surface area contributed by atoms with E-state index in [0.717, 1.165) is 36.6 Å². The average molecular weight is 345 g/mol. The summed E-state index contributed by atoms with van der Waals surface area (Å²) in [6, 6.07) is 3.45. The van der Waals surface area contributed by atoms with Gasteiger partial charge in [0.2, 0.25) is 0 Å². The van der Waals surface area contributed by atoms with Crippen LogP contribution in [-0.4, -0.2) is 21.2 Å². The van der Waals surface area contributed by atoms with Gasteiger partial charge in [0.25, 0.3) is 5.91 Å². The summed E-state index contributed by atoms with van der Waals surface area (Å²) < 4.78 is 29.1. The fraction of sp³-hybridized carbons (Fsp3) is 0.474. The number of benzene rings is 1. The maximum Gasteiger partial charge on any atom is 0.272 e. The molecule has 1 heterocycles. The molecule has 132 valence electrons. The minimum atomic E-state index is -0.671. The number of nitrogens with zero attached hydrogens (tertiary/aromatic N) is 2. The summed E-state index contributed by atoms with van der Waals surface area (Å²) in [6.07, 6.45) is 3.03. The highest BCUT2D eigenvalue weighted by Gasteiger charge is 2.44. The molecule has 2 bridgehead atoms. The number of carbonyl (C=O) groups excluding carboxylic acids is 1. The van der Waals surface area contributed by atoms with Crippen molar-refractivity contribution in [3.05, 3.63) is 46.8 Å². The Labute approximate surface area is 145 Å². The molecule has 1 aromatic heterocycles. The van der Waals surface area contributed by atoms with Crippen molar-refractivity contribution in [1.29, 1.82) is 0 Å². The van der Waals surface area contributed by atoms with Crippen LogP contribution < -0.4 is 5.32 Å². The van der Waals surface area contributed by atoms with Crippen molar-refractivity contribution in [3.63, 3.8) is 0 Å². The zero-order valence-electron chi connectivity index (χ0n) is 14.6. The lowest BCUT2D eigenvalue weighted by atomic mass is 9.94. The predicted octanol–water partition coefficient (Wildman–Crippen LogP) is 4.04. The Bertz CT molecular complexity index is 866. The highest BCUT2D eigenvalue weighted by Crippen LogP contribution is 2.54. The summed E-state index contributed by atoms with van der Waals surface area (Å²) >= 11 is 0. The summed E-state index contributed by atoms with van der Waals surface area (Å²) in [5, 5.41) is 7.40. The summed E-state index contributed by atoms with van der Waals surface area (Å²) in [5.41, 5.74) is 2.05. The Kier molecular flexibility index (Phi) is 3.49. The van der Waals surface area contributed by atoms with Gasteiger partial charge in [0.15, 0.2) is 11.5 Å². The summed E-state index contributed by atoms with van der Waals surface area (Å²) in [5.74, 6) is -0.947. The number of hydrogen-bond donors (Lipinski definition) is 1. The van der Waals surface area contributed by atoms with Gasteiger partial charge in [-0.15, -0.1) is 0 Å². The lowest BCUT2D eigenvalue weighted by Crippen LogP contribution is -2.41. The van der Waals surface area contributed by atoms with Gasteiger partial charge in [-0.05, 0) is 58.1 Å². The van der Waals surface area contributed by atoms with Crippen LogP contribution in [0.1, 0.15) is 73.6 Å². The molecule has 25 heavy (non-hydrogen) atoms. The first-order valence-electron chi connectivity index (χ1n) is 8.65. The normalized spacial score (nSPS) is 21.5. The van der Waals surface area contributed by atoms with Crippen LogP contribution in [0.15, 0.2) is 18.2 Å². The Morgan fingerprint density at radius 3 is 2.64 bits per heavy atom. The molecule has 0 saturated heterocycles. The molecule has 6 heteroatoms. The smallest absolute Gasteiger partial charge is 0.272 e. The van der Waals surface area contributed by atoms with Crippen molar-refractivity contribution >= 4 is 5.91 Å². The Hall–Kier alpha value is -2.24. The van der Waals surface area contributed by atoms with Crippen LogP contribution in [0, 0.1) is 11.6 Å². The first kappa shape index (κ1) is 16.2. The second-order valence-corrected chi connectivity index (χ2v) is 8.07. The van der Waals surface area contributed by atoms with Gasteiger partial charge in [0.1, 0.15) is 11.5 Å². The standard InChI is InChI=1S/C19H21F2N3O/c1-19(2,3)22-18(25)16-15-10-4-5-11(8-10)17(15)24(23-16)14-7-6-12(20)9-13(14)21/h6-7,9-11H,4-5,8H2,1-3H3,(H,22,25)/t10-,11+/m0/s1. The third-order valence-corrected chi connectivity index (χ3v) is 5.03. The Morgan fingerprint density at radius 1 is 1.24 bits per heavy atom. The fourth-order valence-electron chi connectivity index (χ4n) is 4.13. The molecular formula is C19H21F2N3O. The molecule has 0 aliphatic heterocycles. The number of aromatic nitrogens is 2. The van der Waals surface area contributed by atoms with Gasteiger partial charge < -0.3 is 5.32 Å².